The Balaban J connectivity index is 2.10. The van der Waals surface area contributed by atoms with E-state index in [4.69, 9.17) is 5.73 Å². The molecule has 2 aromatic carbocycles. The zero-order valence-electron chi connectivity index (χ0n) is 11.3. The summed E-state index contributed by atoms with van der Waals surface area (Å²) in [5, 5.41) is 4.35. The van der Waals surface area contributed by atoms with E-state index in [2.05, 4.69) is 34.3 Å². The highest BCUT2D eigenvalue weighted by molar-refractivity contribution is 5.90. The lowest BCUT2D eigenvalue weighted by Crippen LogP contribution is -2.06. The van der Waals surface area contributed by atoms with Gasteiger partial charge in [0, 0.05) is 11.1 Å². The summed E-state index contributed by atoms with van der Waals surface area (Å²) in [6.07, 6.45) is 0. The molecular weight excluding hydrogens is 248 g/mol. The number of para-hydroxylation sites is 1. The number of nitrogens with one attached hydrogen (secondary N) is 1. The number of anilines is 2. The lowest BCUT2D eigenvalue weighted by atomic mass is 10.2. The Bertz CT molecular complexity index is 752. The average Bonchev–Trinajstić information content (AvgIpc) is 2.47. The first-order valence-corrected chi connectivity index (χ1v) is 6.55. The van der Waals surface area contributed by atoms with Crippen molar-refractivity contribution in [2.75, 3.05) is 5.32 Å². The lowest BCUT2D eigenvalue weighted by molar-refractivity contribution is 0.929. The number of rotatable bonds is 3. The molecule has 0 aliphatic rings. The molecule has 100 valence electrons. The smallest absolute Gasteiger partial charge is 0.144 e. The molecule has 3 rings (SSSR count). The molecule has 4 heteroatoms. The van der Waals surface area contributed by atoms with Crippen LogP contribution in [-0.4, -0.2) is 9.97 Å². The minimum Gasteiger partial charge on any atom is -0.340 e. The molecule has 0 spiro atoms. The van der Waals surface area contributed by atoms with Gasteiger partial charge in [0.1, 0.15) is 11.6 Å². The van der Waals surface area contributed by atoms with E-state index in [1.54, 1.807) is 0 Å². The third-order valence-electron chi connectivity index (χ3n) is 3.11. The van der Waals surface area contributed by atoms with E-state index in [0.717, 1.165) is 22.4 Å². The maximum absolute atomic E-state index is 5.67. The van der Waals surface area contributed by atoms with E-state index in [-0.39, 0.29) is 0 Å². The summed E-state index contributed by atoms with van der Waals surface area (Å²) in [4.78, 5) is 8.93. The van der Waals surface area contributed by atoms with Crippen LogP contribution in [-0.2, 0) is 6.54 Å². The van der Waals surface area contributed by atoms with Crippen LogP contribution in [0.1, 0.15) is 11.4 Å². The summed E-state index contributed by atoms with van der Waals surface area (Å²) in [5.41, 5.74) is 8.79. The highest BCUT2D eigenvalue weighted by Gasteiger charge is 2.06. The molecule has 0 unspecified atom stereocenters. The standard InChI is InChI=1S/C16H16N4/c1-11-5-4-6-12(9-11)18-16-13-7-2-3-8-14(13)19-15(10-17)20-16/h2-9H,10,17H2,1H3,(H,18,19,20). The highest BCUT2D eigenvalue weighted by Crippen LogP contribution is 2.24. The second-order valence-electron chi connectivity index (χ2n) is 4.70. The molecule has 0 aliphatic heterocycles. The largest absolute Gasteiger partial charge is 0.340 e. The summed E-state index contributed by atoms with van der Waals surface area (Å²) < 4.78 is 0. The second kappa shape index (κ2) is 5.27. The molecule has 0 radical (unpaired) electrons. The number of hydrogen-bond acceptors (Lipinski definition) is 4. The molecule has 0 fully saturated rings. The summed E-state index contributed by atoms with van der Waals surface area (Å²) in [7, 11) is 0. The Morgan fingerprint density at radius 2 is 1.90 bits per heavy atom. The van der Waals surface area contributed by atoms with Crippen molar-refractivity contribution in [1.82, 2.24) is 9.97 Å². The predicted molar refractivity (Wildman–Crippen MR) is 81.9 cm³/mol. The molecular formula is C16H16N4. The number of nitrogens with two attached hydrogens (primary N) is 1. The fraction of sp³-hybridized carbons (Fsp3) is 0.125. The van der Waals surface area contributed by atoms with Crippen LogP contribution in [0.3, 0.4) is 0 Å². The Hall–Kier alpha value is -2.46. The highest BCUT2D eigenvalue weighted by atomic mass is 15.0. The van der Waals surface area contributed by atoms with E-state index in [9.17, 15) is 0 Å². The van der Waals surface area contributed by atoms with E-state index in [1.165, 1.54) is 5.56 Å². The van der Waals surface area contributed by atoms with Crippen molar-refractivity contribution >= 4 is 22.4 Å². The van der Waals surface area contributed by atoms with Gasteiger partial charge in [0.05, 0.1) is 12.1 Å². The van der Waals surface area contributed by atoms with E-state index in [0.29, 0.717) is 12.4 Å². The molecule has 0 bridgehead atoms. The fourth-order valence-corrected chi connectivity index (χ4v) is 2.17. The van der Waals surface area contributed by atoms with Gasteiger partial charge in [-0.2, -0.15) is 0 Å². The normalized spacial score (nSPS) is 10.7. The molecule has 0 saturated carbocycles. The summed E-state index contributed by atoms with van der Waals surface area (Å²) in [5.74, 6) is 1.43. The van der Waals surface area contributed by atoms with Crippen molar-refractivity contribution in [3.05, 3.63) is 59.9 Å². The Morgan fingerprint density at radius 1 is 1.05 bits per heavy atom. The number of aromatic nitrogens is 2. The second-order valence-corrected chi connectivity index (χ2v) is 4.70. The summed E-state index contributed by atoms with van der Waals surface area (Å²) in [6, 6.07) is 16.1. The summed E-state index contributed by atoms with van der Waals surface area (Å²) in [6.45, 7) is 2.39. The van der Waals surface area contributed by atoms with Crippen molar-refractivity contribution in [3.63, 3.8) is 0 Å². The van der Waals surface area contributed by atoms with Gasteiger partial charge in [-0.15, -0.1) is 0 Å². The van der Waals surface area contributed by atoms with Crippen LogP contribution in [0.25, 0.3) is 10.9 Å². The minimum absolute atomic E-state index is 0.327. The minimum atomic E-state index is 0.327. The Morgan fingerprint density at radius 3 is 2.70 bits per heavy atom. The Labute approximate surface area is 117 Å². The number of nitrogens with zero attached hydrogens (tertiary/aromatic N) is 2. The van der Waals surface area contributed by atoms with Gasteiger partial charge in [0.2, 0.25) is 0 Å². The summed E-state index contributed by atoms with van der Waals surface area (Å²) >= 11 is 0. The van der Waals surface area contributed by atoms with Crippen LogP contribution in [0.15, 0.2) is 48.5 Å². The molecule has 0 aliphatic carbocycles. The molecule has 4 nitrogen and oxygen atoms in total. The topological polar surface area (TPSA) is 63.8 Å². The van der Waals surface area contributed by atoms with Gasteiger partial charge in [-0.05, 0) is 36.8 Å². The lowest BCUT2D eigenvalue weighted by Gasteiger charge is -2.10. The molecule has 0 amide bonds. The SMILES string of the molecule is Cc1cccc(Nc2nc(CN)nc3ccccc23)c1. The third kappa shape index (κ3) is 2.46. The maximum atomic E-state index is 5.67. The van der Waals surface area contributed by atoms with Crippen molar-refractivity contribution < 1.29 is 0 Å². The van der Waals surface area contributed by atoms with Crippen LogP contribution >= 0.6 is 0 Å². The Kier molecular flexibility index (Phi) is 3.31. The van der Waals surface area contributed by atoms with Gasteiger partial charge in [0.15, 0.2) is 0 Å². The predicted octanol–water partition coefficient (Wildman–Crippen LogP) is 3.14. The third-order valence-corrected chi connectivity index (χ3v) is 3.11. The van der Waals surface area contributed by atoms with Gasteiger partial charge in [-0.1, -0.05) is 24.3 Å². The van der Waals surface area contributed by atoms with Crippen molar-refractivity contribution in [1.29, 1.82) is 0 Å². The van der Waals surface area contributed by atoms with Gasteiger partial charge >= 0.3 is 0 Å². The van der Waals surface area contributed by atoms with Crippen LogP contribution in [0.5, 0.6) is 0 Å². The van der Waals surface area contributed by atoms with E-state index < -0.39 is 0 Å². The zero-order chi connectivity index (χ0) is 13.9. The molecule has 0 atom stereocenters. The first-order valence-electron chi connectivity index (χ1n) is 6.55. The maximum Gasteiger partial charge on any atom is 0.144 e. The van der Waals surface area contributed by atoms with Crippen LogP contribution in [0, 0.1) is 6.92 Å². The van der Waals surface area contributed by atoms with Gasteiger partial charge in [-0.3, -0.25) is 0 Å². The first kappa shape index (κ1) is 12.6. The number of hydrogen-bond donors (Lipinski definition) is 2. The zero-order valence-corrected chi connectivity index (χ0v) is 11.3. The molecule has 3 aromatic rings. The monoisotopic (exact) mass is 264 g/mol. The number of aryl methyl sites for hydroxylation is 1. The molecule has 20 heavy (non-hydrogen) atoms. The van der Waals surface area contributed by atoms with E-state index >= 15 is 0 Å². The van der Waals surface area contributed by atoms with Gasteiger partial charge in [-0.25, -0.2) is 9.97 Å². The number of fused-ring (bicyclic) bond motifs is 1. The molecule has 1 heterocycles. The van der Waals surface area contributed by atoms with Crippen molar-refractivity contribution in [2.24, 2.45) is 5.73 Å². The number of benzene rings is 2. The van der Waals surface area contributed by atoms with Crippen molar-refractivity contribution in [3.8, 4) is 0 Å². The van der Waals surface area contributed by atoms with Crippen LogP contribution < -0.4 is 11.1 Å². The van der Waals surface area contributed by atoms with E-state index in [1.807, 2.05) is 36.4 Å². The molecule has 0 saturated heterocycles. The van der Waals surface area contributed by atoms with Gasteiger partial charge < -0.3 is 11.1 Å². The van der Waals surface area contributed by atoms with Crippen molar-refractivity contribution in [2.45, 2.75) is 13.5 Å². The quantitative estimate of drug-likeness (QED) is 0.762. The average molecular weight is 264 g/mol. The molecule has 1 aromatic heterocycles. The van der Waals surface area contributed by atoms with Gasteiger partial charge in [0.25, 0.3) is 0 Å². The molecule has 3 N–H and O–H groups in total. The van der Waals surface area contributed by atoms with Crippen LogP contribution in [0.4, 0.5) is 11.5 Å². The first-order chi connectivity index (χ1) is 9.76. The van der Waals surface area contributed by atoms with Crippen LogP contribution in [0.2, 0.25) is 0 Å². The fourth-order valence-electron chi connectivity index (χ4n) is 2.17.